The van der Waals surface area contributed by atoms with Crippen LogP contribution in [0.3, 0.4) is 0 Å². The zero-order chi connectivity index (χ0) is 13.8. The summed E-state index contributed by atoms with van der Waals surface area (Å²) >= 11 is 0. The Kier molecular flexibility index (Phi) is 3.94. The summed E-state index contributed by atoms with van der Waals surface area (Å²) in [6.07, 6.45) is 0.915. The maximum atomic E-state index is 12.0. The number of hydrogen-bond acceptors (Lipinski definition) is 4. The molecular weight excluding hydrogens is 246 g/mol. The molecule has 1 aliphatic rings. The quantitative estimate of drug-likeness (QED) is 0.598. The highest BCUT2D eigenvalue weighted by atomic mass is 16.5. The van der Waals surface area contributed by atoms with Crippen molar-refractivity contribution in [3.63, 3.8) is 0 Å². The molecule has 0 spiro atoms. The fourth-order valence-corrected chi connectivity index (χ4v) is 2.16. The van der Waals surface area contributed by atoms with Gasteiger partial charge >= 0.3 is 5.97 Å². The van der Waals surface area contributed by atoms with Gasteiger partial charge in [0.05, 0.1) is 24.8 Å². The van der Waals surface area contributed by atoms with E-state index in [0.717, 1.165) is 0 Å². The number of benzene rings is 1. The van der Waals surface area contributed by atoms with Gasteiger partial charge in [0, 0.05) is 13.0 Å². The van der Waals surface area contributed by atoms with E-state index in [1.54, 1.807) is 24.3 Å². The second-order valence-electron chi connectivity index (χ2n) is 4.37. The Bertz CT molecular complexity index is 524. The lowest BCUT2D eigenvalue weighted by atomic mass is 10.1. The average Bonchev–Trinajstić information content (AvgIpc) is 2.58. The molecule has 100 valence electrons. The maximum Gasteiger partial charge on any atom is 0.339 e. The number of anilines is 1. The maximum absolute atomic E-state index is 12.0. The highest BCUT2D eigenvalue weighted by Gasteiger charge is 2.25. The van der Waals surface area contributed by atoms with Crippen LogP contribution in [-0.2, 0) is 14.3 Å². The number of esters is 1. The number of amides is 1. The van der Waals surface area contributed by atoms with Gasteiger partial charge in [-0.15, -0.1) is 0 Å². The van der Waals surface area contributed by atoms with Gasteiger partial charge in [-0.05, 0) is 18.6 Å². The Balaban J connectivity index is 2.37. The first-order valence-electron chi connectivity index (χ1n) is 6.13. The number of methoxy groups -OCH3 is 1. The third-order valence-corrected chi connectivity index (χ3v) is 3.09. The van der Waals surface area contributed by atoms with Crippen molar-refractivity contribution >= 4 is 23.3 Å². The number of Topliss-reactive ketones (excluding diaryl/α,β-unsaturated/α-hetero) is 1. The molecular formula is C14H15NO4. The molecule has 0 bridgehead atoms. The molecule has 5 nitrogen and oxygen atoms in total. The predicted octanol–water partition coefficient (Wildman–Crippen LogP) is 1.56. The number of ether oxygens (including phenoxy) is 1. The first kappa shape index (κ1) is 13.3. The summed E-state index contributed by atoms with van der Waals surface area (Å²) in [6.45, 7) is 0.443. The number of hydrogen-bond donors (Lipinski definition) is 0. The van der Waals surface area contributed by atoms with E-state index in [4.69, 9.17) is 4.74 Å². The SMILES string of the molecule is COC(=O)c1ccccc1N1CCCC(=O)CC1=O. The molecule has 5 heteroatoms. The summed E-state index contributed by atoms with van der Waals surface area (Å²) in [7, 11) is 1.30. The van der Waals surface area contributed by atoms with E-state index in [2.05, 4.69) is 0 Å². The van der Waals surface area contributed by atoms with Crippen LogP contribution in [0, 0.1) is 0 Å². The molecule has 0 N–H and O–H groups in total. The van der Waals surface area contributed by atoms with Crippen molar-refractivity contribution in [1.29, 1.82) is 0 Å². The van der Waals surface area contributed by atoms with Crippen LogP contribution < -0.4 is 4.90 Å². The second-order valence-corrected chi connectivity index (χ2v) is 4.37. The van der Waals surface area contributed by atoms with Crippen LogP contribution in [0.2, 0.25) is 0 Å². The third-order valence-electron chi connectivity index (χ3n) is 3.09. The van der Waals surface area contributed by atoms with Crippen molar-refractivity contribution in [2.24, 2.45) is 0 Å². The van der Waals surface area contributed by atoms with Gasteiger partial charge in [-0.1, -0.05) is 12.1 Å². The molecule has 1 aromatic carbocycles. The minimum atomic E-state index is -0.487. The monoisotopic (exact) mass is 261 g/mol. The van der Waals surface area contributed by atoms with E-state index >= 15 is 0 Å². The third kappa shape index (κ3) is 2.81. The van der Waals surface area contributed by atoms with E-state index < -0.39 is 5.97 Å². The first-order chi connectivity index (χ1) is 9.13. The van der Waals surface area contributed by atoms with Gasteiger partial charge in [0.25, 0.3) is 0 Å². The fraction of sp³-hybridized carbons (Fsp3) is 0.357. The van der Waals surface area contributed by atoms with Crippen LogP contribution in [0.15, 0.2) is 24.3 Å². The number of carbonyl (C=O) groups excluding carboxylic acids is 3. The number of nitrogens with zero attached hydrogens (tertiary/aromatic N) is 1. The minimum Gasteiger partial charge on any atom is -0.465 e. The van der Waals surface area contributed by atoms with Crippen LogP contribution in [0.25, 0.3) is 0 Å². The molecule has 0 radical (unpaired) electrons. The van der Waals surface area contributed by atoms with Crippen molar-refractivity contribution in [3.05, 3.63) is 29.8 Å². The smallest absolute Gasteiger partial charge is 0.339 e. The second kappa shape index (κ2) is 5.65. The molecule has 0 atom stereocenters. The summed E-state index contributed by atoms with van der Waals surface area (Å²) < 4.78 is 4.71. The Hall–Kier alpha value is -2.17. The zero-order valence-corrected chi connectivity index (χ0v) is 10.7. The zero-order valence-electron chi connectivity index (χ0n) is 10.7. The van der Waals surface area contributed by atoms with Crippen molar-refractivity contribution < 1.29 is 19.1 Å². The molecule has 1 aliphatic heterocycles. The molecule has 1 heterocycles. The summed E-state index contributed by atoms with van der Waals surface area (Å²) in [6, 6.07) is 6.77. The highest BCUT2D eigenvalue weighted by molar-refractivity contribution is 6.09. The van der Waals surface area contributed by atoms with Crippen molar-refractivity contribution in [2.75, 3.05) is 18.6 Å². The van der Waals surface area contributed by atoms with Gasteiger partial charge < -0.3 is 9.64 Å². The number of para-hydroxylation sites is 1. The van der Waals surface area contributed by atoms with Crippen LogP contribution >= 0.6 is 0 Å². The number of carbonyl (C=O) groups is 3. The lowest BCUT2D eigenvalue weighted by molar-refractivity contribution is -0.125. The van der Waals surface area contributed by atoms with E-state index in [1.165, 1.54) is 12.0 Å². The summed E-state index contributed by atoms with van der Waals surface area (Å²) in [4.78, 5) is 36.7. The van der Waals surface area contributed by atoms with Crippen molar-refractivity contribution in [1.82, 2.24) is 0 Å². The van der Waals surface area contributed by atoms with Crippen LogP contribution in [0.4, 0.5) is 5.69 Å². The van der Waals surface area contributed by atoms with Crippen LogP contribution in [-0.4, -0.2) is 31.3 Å². The minimum absolute atomic E-state index is 0.0527. The molecule has 0 unspecified atom stereocenters. The van der Waals surface area contributed by atoms with Crippen molar-refractivity contribution in [2.45, 2.75) is 19.3 Å². The van der Waals surface area contributed by atoms with Gasteiger partial charge in [0.1, 0.15) is 5.78 Å². The lowest BCUT2D eigenvalue weighted by Gasteiger charge is -2.22. The van der Waals surface area contributed by atoms with Gasteiger partial charge in [-0.25, -0.2) is 4.79 Å². The molecule has 1 amide bonds. The summed E-state index contributed by atoms with van der Waals surface area (Å²) in [5, 5.41) is 0. The standard InChI is InChI=1S/C14H15NO4/c1-19-14(18)11-6-2-3-7-12(11)15-8-4-5-10(16)9-13(15)17/h2-3,6-7H,4-5,8-9H2,1H3. The summed E-state index contributed by atoms with van der Waals surface area (Å²) in [5.41, 5.74) is 0.849. The Labute approximate surface area is 111 Å². The highest BCUT2D eigenvalue weighted by Crippen LogP contribution is 2.24. The molecule has 1 saturated heterocycles. The van der Waals surface area contributed by atoms with Crippen LogP contribution in [0.1, 0.15) is 29.6 Å². The summed E-state index contributed by atoms with van der Waals surface area (Å²) in [5.74, 6) is -0.805. The molecule has 0 saturated carbocycles. The topological polar surface area (TPSA) is 63.7 Å². The average molecular weight is 261 g/mol. The fourth-order valence-electron chi connectivity index (χ4n) is 2.16. The lowest BCUT2D eigenvalue weighted by Crippen LogP contribution is -2.32. The van der Waals surface area contributed by atoms with E-state index in [0.29, 0.717) is 30.6 Å². The number of ketones is 1. The van der Waals surface area contributed by atoms with Gasteiger partial charge in [0.2, 0.25) is 5.91 Å². The molecule has 1 aromatic rings. The molecule has 1 fully saturated rings. The molecule has 2 rings (SSSR count). The largest absolute Gasteiger partial charge is 0.465 e. The predicted molar refractivity (Wildman–Crippen MR) is 69.0 cm³/mol. The Morgan fingerprint density at radius 2 is 2.00 bits per heavy atom. The number of rotatable bonds is 2. The van der Waals surface area contributed by atoms with Crippen molar-refractivity contribution in [3.8, 4) is 0 Å². The van der Waals surface area contributed by atoms with Crippen LogP contribution in [0.5, 0.6) is 0 Å². The van der Waals surface area contributed by atoms with Gasteiger partial charge in [0.15, 0.2) is 0 Å². The Morgan fingerprint density at radius 1 is 1.26 bits per heavy atom. The van der Waals surface area contributed by atoms with Gasteiger partial charge in [-0.2, -0.15) is 0 Å². The van der Waals surface area contributed by atoms with E-state index in [-0.39, 0.29) is 18.1 Å². The Morgan fingerprint density at radius 3 is 2.74 bits per heavy atom. The normalized spacial score (nSPS) is 16.2. The molecule has 0 aliphatic carbocycles. The van der Waals surface area contributed by atoms with E-state index in [9.17, 15) is 14.4 Å². The van der Waals surface area contributed by atoms with Gasteiger partial charge in [-0.3, -0.25) is 9.59 Å². The van der Waals surface area contributed by atoms with E-state index in [1.807, 2.05) is 0 Å². The molecule has 19 heavy (non-hydrogen) atoms. The molecule has 0 aromatic heterocycles. The first-order valence-corrected chi connectivity index (χ1v) is 6.13.